The maximum absolute atomic E-state index is 12.8. The van der Waals surface area contributed by atoms with Gasteiger partial charge in [-0.2, -0.15) is 0 Å². The van der Waals surface area contributed by atoms with Crippen molar-refractivity contribution in [3.8, 4) is 16.9 Å². The SMILES string of the molecule is COC(=O)c1ccc(NS(=O)(=O)c2cccc(-c3ccc(SC)cc3)c2)cc1O. The van der Waals surface area contributed by atoms with E-state index in [-0.39, 0.29) is 21.9 Å². The van der Waals surface area contributed by atoms with Gasteiger partial charge in [0.25, 0.3) is 10.0 Å². The topological polar surface area (TPSA) is 92.7 Å². The van der Waals surface area contributed by atoms with E-state index in [4.69, 9.17) is 0 Å². The highest BCUT2D eigenvalue weighted by Crippen LogP contribution is 2.28. The summed E-state index contributed by atoms with van der Waals surface area (Å²) < 4.78 is 32.5. The number of carbonyl (C=O) groups excluding carboxylic acids is 1. The van der Waals surface area contributed by atoms with Crippen molar-refractivity contribution in [2.75, 3.05) is 18.1 Å². The molecule has 0 heterocycles. The maximum Gasteiger partial charge on any atom is 0.341 e. The van der Waals surface area contributed by atoms with Crippen LogP contribution in [0.15, 0.2) is 76.5 Å². The van der Waals surface area contributed by atoms with Crippen LogP contribution in [0.5, 0.6) is 5.75 Å². The van der Waals surface area contributed by atoms with Crippen molar-refractivity contribution in [1.29, 1.82) is 0 Å². The van der Waals surface area contributed by atoms with E-state index in [0.29, 0.717) is 0 Å². The Kier molecular flexibility index (Phi) is 6.14. The van der Waals surface area contributed by atoms with Gasteiger partial charge in [0, 0.05) is 11.0 Å². The van der Waals surface area contributed by atoms with Crippen LogP contribution >= 0.6 is 11.8 Å². The molecule has 3 rings (SSSR count). The zero-order valence-electron chi connectivity index (χ0n) is 15.7. The van der Waals surface area contributed by atoms with Crippen LogP contribution < -0.4 is 4.72 Å². The number of sulfonamides is 1. The second-order valence-corrected chi connectivity index (χ2v) is 8.65. The van der Waals surface area contributed by atoms with Crippen LogP contribution in [0, 0.1) is 0 Å². The van der Waals surface area contributed by atoms with Crippen LogP contribution in [0.1, 0.15) is 10.4 Å². The lowest BCUT2D eigenvalue weighted by atomic mass is 10.1. The van der Waals surface area contributed by atoms with Crippen LogP contribution in [0.2, 0.25) is 0 Å². The van der Waals surface area contributed by atoms with E-state index in [0.717, 1.165) is 22.1 Å². The Morgan fingerprint density at radius 2 is 1.72 bits per heavy atom. The molecule has 0 saturated heterocycles. The zero-order valence-corrected chi connectivity index (χ0v) is 17.4. The van der Waals surface area contributed by atoms with Gasteiger partial charge in [0.15, 0.2) is 0 Å². The van der Waals surface area contributed by atoms with Crippen LogP contribution in [0.3, 0.4) is 0 Å². The van der Waals surface area contributed by atoms with E-state index in [1.807, 2.05) is 36.6 Å². The van der Waals surface area contributed by atoms with E-state index in [9.17, 15) is 18.3 Å². The molecule has 0 atom stereocenters. The molecule has 8 heteroatoms. The number of rotatable bonds is 6. The molecule has 0 aromatic heterocycles. The van der Waals surface area contributed by atoms with Gasteiger partial charge >= 0.3 is 5.97 Å². The second-order valence-electron chi connectivity index (χ2n) is 6.09. The maximum atomic E-state index is 12.8. The molecule has 0 saturated carbocycles. The van der Waals surface area contributed by atoms with Crippen LogP contribution in [0.4, 0.5) is 5.69 Å². The summed E-state index contributed by atoms with van der Waals surface area (Å²) in [6.45, 7) is 0. The number of anilines is 1. The summed E-state index contributed by atoms with van der Waals surface area (Å²) in [5, 5.41) is 9.96. The number of benzene rings is 3. The molecule has 0 amide bonds. The average Bonchev–Trinajstić information content (AvgIpc) is 2.73. The van der Waals surface area contributed by atoms with Crippen molar-refractivity contribution in [1.82, 2.24) is 0 Å². The molecule has 0 aliphatic heterocycles. The molecule has 0 radical (unpaired) electrons. The first-order valence-electron chi connectivity index (χ1n) is 8.52. The minimum Gasteiger partial charge on any atom is -0.507 e. The highest BCUT2D eigenvalue weighted by atomic mass is 32.2. The van der Waals surface area contributed by atoms with Gasteiger partial charge < -0.3 is 9.84 Å². The fraction of sp³-hybridized carbons (Fsp3) is 0.0952. The fourth-order valence-electron chi connectivity index (χ4n) is 2.72. The first-order valence-corrected chi connectivity index (χ1v) is 11.2. The molecule has 0 bridgehead atoms. The van der Waals surface area contributed by atoms with Gasteiger partial charge in [0.1, 0.15) is 11.3 Å². The van der Waals surface area contributed by atoms with Crippen LogP contribution in [-0.4, -0.2) is 32.9 Å². The minimum absolute atomic E-state index is 0.0499. The van der Waals surface area contributed by atoms with Crippen molar-refractivity contribution in [3.05, 3.63) is 72.3 Å². The number of nitrogens with one attached hydrogen (secondary N) is 1. The molecule has 3 aromatic carbocycles. The highest BCUT2D eigenvalue weighted by molar-refractivity contribution is 7.98. The number of esters is 1. The van der Waals surface area contributed by atoms with Crippen LogP contribution in [-0.2, 0) is 14.8 Å². The summed E-state index contributed by atoms with van der Waals surface area (Å²) in [5.41, 5.74) is 1.75. The quantitative estimate of drug-likeness (QED) is 0.447. The van der Waals surface area contributed by atoms with E-state index in [1.165, 1.54) is 25.3 Å². The first-order chi connectivity index (χ1) is 13.8. The van der Waals surface area contributed by atoms with Gasteiger partial charge in [0.2, 0.25) is 0 Å². The van der Waals surface area contributed by atoms with Crippen molar-refractivity contribution >= 4 is 33.4 Å². The third kappa shape index (κ3) is 4.72. The summed E-state index contributed by atoms with van der Waals surface area (Å²) >= 11 is 1.63. The predicted octanol–water partition coefficient (Wildman–Crippen LogP) is 4.37. The molecule has 150 valence electrons. The molecule has 29 heavy (non-hydrogen) atoms. The molecule has 0 unspecified atom stereocenters. The van der Waals surface area contributed by atoms with Gasteiger partial charge in [-0.15, -0.1) is 11.8 Å². The molecule has 0 aliphatic carbocycles. The molecule has 3 aromatic rings. The number of methoxy groups -OCH3 is 1. The molecular weight excluding hydrogens is 410 g/mol. The molecular formula is C21H19NO5S2. The monoisotopic (exact) mass is 429 g/mol. The number of thioether (sulfide) groups is 1. The molecule has 0 spiro atoms. The number of phenolic OH excluding ortho intramolecular Hbond substituents is 1. The van der Waals surface area contributed by atoms with E-state index in [2.05, 4.69) is 9.46 Å². The predicted molar refractivity (Wildman–Crippen MR) is 114 cm³/mol. The Morgan fingerprint density at radius 3 is 2.34 bits per heavy atom. The fourth-order valence-corrected chi connectivity index (χ4v) is 4.22. The standard InChI is InChI=1S/C21H19NO5S2/c1-27-21(24)19-11-8-16(13-20(19)23)22-29(25,26)18-5-3-4-15(12-18)14-6-9-17(28-2)10-7-14/h3-13,22-23H,1-2H3. The number of hydrogen-bond donors (Lipinski definition) is 2. The third-order valence-electron chi connectivity index (χ3n) is 4.22. The summed E-state index contributed by atoms with van der Waals surface area (Å²) in [5.74, 6) is -1.09. The van der Waals surface area contributed by atoms with Gasteiger partial charge in [-0.3, -0.25) is 4.72 Å². The Balaban J connectivity index is 1.88. The molecule has 6 nitrogen and oxygen atoms in total. The van der Waals surface area contributed by atoms with Gasteiger partial charge in [-0.25, -0.2) is 13.2 Å². The number of ether oxygens (including phenoxy) is 1. The second kappa shape index (κ2) is 8.59. The summed E-state index contributed by atoms with van der Waals surface area (Å²) in [6.07, 6.45) is 1.99. The van der Waals surface area contributed by atoms with Crippen molar-refractivity contribution < 1.29 is 23.1 Å². The van der Waals surface area contributed by atoms with Crippen molar-refractivity contribution in [2.24, 2.45) is 0 Å². The first kappa shape index (κ1) is 20.8. The summed E-state index contributed by atoms with van der Waals surface area (Å²) in [6, 6.07) is 18.3. The number of hydrogen-bond acceptors (Lipinski definition) is 6. The Labute approximate surface area is 173 Å². The lowest BCUT2D eigenvalue weighted by Crippen LogP contribution is -2.13. The lowest BCUT2D eigenvalue weighted by molar-refractivity contribution is 0.0597. The average molecular weight is 430 g/mol. The van der Waals surface area contributed by atoms with Gasteiger partial charge in [-0.05, 0) is 53.8 Å². The summed E-state index contributed by atoms with van der Waals surface area (Å²) in [4.78, 5) is 12.7. The normalized spacial score (nSPS) is 11.1. The van der Waals surface area contributed by atoms with Crippen LogP contribution in [0.25, 0.3) is 11.1 Å². The summed E-state index contributed by atoms with van der Waals surface area (Å²) in [7, 11) is -2.70. The Hall–Kier alpha value is -2.97. The van der Waals surface area contributed by atoms with Crippen molar-refractivity contribution in [2.45, 2.75) is 9.79 Å². The smallest absolute Gasteiger partial charge is 0.341 e. The van der Waals surface area contributed by atoms with E-state index < -0.39 is 16.0 Å². The molecule has 0 fully saturated rings. The van der Waals surface area contributed by atoms with Crippen molar-refractivity contribution in [3.63, 3.8) is 0 Å². The van der Waals surface area contributed by atoms with Gasteiger partial charge in [-0.1, -0.05) is 24.3 Å². The number of aromatic hydroxyl groups is 1. The third-order valence-corrected chi connectivity index (χ3v) is 6.35. The number of phenols is 1. The Morgan fingerprint density at radius 1 is 1.00 bits per heavy atom. The lowest BCUT2D eigenvalue weighted by Gasteiger charge is -2.11. The highest BCUT2D eigenvalue weighted by Gasteiger charge is 2.17. The minimum atomic E-state index is -3.89. The van der Waals surface area contributed by atoms with Gasteiger partial charge in [0.05, 0.1) is 17.7 Å². The molecule has 0 aliphatic rings. The Bertz CT molecular complexity index is 1140. The largest absolute Gasteiger partial charge is 0.507 e. The number of carbonyl (C=O) groups is 1. The van der Waals surface area contributed by atoms with E-state index >= 15 is 0 Å². The molecule has 2 N–H and O–H groups in total. The van der Waals surface area contributed by atoms with E-state index in [1.54, 1.807) is 23.9 Å². The zero-order chi connectivity index (χ0) is 21.0.